The summed E-state index contributed by atoms with van der Waals surface area (Å²) in [5.41, 5.74) is 0.793. The first kappa shape index (κ1) is 13.0. The molecule has 0 radical (unpaired) electrons. The normalized spacial score (nSPS) is 10.3. The number of carbonyl (C=O) groups is 1. The van der Waals surface area contributed by atoms with Gasteiger partial charge in [0.05, 0.1) is 11.9 Å². The minimum atomic E-state index is -0.448. The summed E-state index contributed by atoms with van der Waals surface area (Å²) in [4.78, 5) is 20.1. The summed E-state index contributed by atoms with van der Waals surface area (Å²) >= 11 is 0. The zero-order valence-corrected chi connectivity index (χ0v) is 10.9. The smallest absolute Gasteiger partial charge is 0.255 e. The van der Waals surface area contributed by atoms with E-state index in [1.54, 1.807) is 41.5 Å². The quantitative estimate of drug-likeness (QED) is 0.803. The first-order valence-corrected chi connectivity index (χ1v) is 6.24. The number of nitrogens with one attached hydrogen (secondary N) is 1. The zero-order valence-electron chi connectivity index (χ0n) is 10.9. The van der Waals surface area contributed by atoms with E-state index in [1.165, 1.54) is 24.4 Å². The van der Waals surface area contributed by atoms with Crippen LogP contribution in [0.15, 0.2) is 61.3 Å². The van der Waals surface area contributed by atoms with E-state index in [-0.39, 0.29) is 11.5 Å². The Morgan fingerprint density at radius 2 is 2.14 bits per heavy atom. The first-order valence-electron chi connectivity index (χ1n) is 6.24. The molecule has 0 unspecified atom stereocenters. The van der Waals surface area contributed by atoms with Gasteiger partial charge in [-0.3, -0.25) is 9.36 Å². The summed E-state index contributed by atoms with van der Waals surface area (Å²) < 4.78 is 14.8. The van der Waals surface area contributed by atoms with E-state index in [2.05, 4.69) is 15.3 Å². The molecule has 1 aromatic carbocycles. The fraction of sp³-hybridized carbons (Fsp3) is 0. The van der Waals surface area contributed by atoms with Crippen molar-refractivity contribution in [2.24, 2.45) is 0 Å². The number of hydrogen-bond donors (Lipinski definition) is 1. The molecule has 2 aromatic heterocycles. The van der Waals surface area contributed by atoms with Gasteiger partial charge in [0.2, 0.25) is 0 Å². The van der Waals surface area contributed by atoms with Crippen LogP contribution in [0.2, 0.25) is 0 Å². The predicted octanol–water partition coefficient (Wildman–Crippen LogP) is 2.66. The van der Waals surface area contributed by atoms with Crippen LogP contribution in [0.25, 0.3) is 5.82 Å². The second-order valence-electron chi connectivity index (χ2n) is 4.34. The van der Waals surface area contributed by atoms with Crippen molar-refractivity contribution in [2.75, 3.05) is 5.32 Å². The van der Waals surface area contributed by atoms with E-state index in [4.69, 9.17) is 0 Å². The molecule has 0 aliphatic heterocycles. The van der Waals surface area contributed by atoms with Gasteiger partial charge in [0.1, 0.15) is 18.0 Å². The van der Waals surface area contributed by atoms with Gasteiger partial charge in [0.25, 0.3) is 5.91 Å². The second-order valence-corrected chi connectivity index (χ2v) is 4.34. The molecule has 0 spiro atoms. The van der Waals surface area contributed by atoms with E-state index < -0.39 is 5.82 Å². The molecule has 0 bridgehead atoms. The fourth-order valence-corrected chi connectivity index (χ4v) is 1.84. The number of rotatable bonds is 3. The number of aromatic nitrogens is 3. The summed E-state index contributed by atoms with van der Waals surface area (Å²) in [6.45, 7) is 0. The zero-order chi connectivity index (χ0) is 14.7. The maximum absolute atomic E-state index is 13.1. The number of anilines is 1. The lowest BCUT2D eigenvalue weighted by atomic mass is 10.2. The Kier molecular flexibility index (Phi) is 3.42. The molecule has 0 aliphatic carbocycles. The van der Waals surface area contributed by atoms with Gasteiger partial charge in [0.15, 0.2) is 0 Å². The molecule has 6 heteroatoms. The maximum atomic E-state index is 13.1. The second kappa shape index (κ2) is 5.54. The first-order chi connectivity index (χ1) is 10.2. The van der Waals surface area contributed by atoms with Crippen LogP contribution in [0.1, 0.15) is 10.4 Å². The lowest BCUT2D eigenvalue weighted by molar-refractivity contribution is 0.102. The van der Waals surface area contributed by atoms with Crippen molar-refractivity contribution in [2.45, 2.75) is 0 Å². The Hall–Kier alpha value is -3.02. The highest BCUT2D eigenvalue weighted by molar-refractivity contribution is 6.04. The van der Waals surface area contributed by atoms with Crippen molar-refractivity contribution in [3.63, 3.8) is 0 Å². The Morgan fingerprint density at radius 1 is 1.24 bits per heavy atom. The maximum Gasteiger partial charge on any atom is 0.255 e. The van der Waals surface area contributed by atoms with Gasteiger partial charge >= 0.3 is 0 Å². The number of nitrogens with zero attached hydrogens (tertiary/aromatic N) is 3. The number of benzene rings is 1. The van der Waals surface area contributed by atoms with Crippen LogP contribution in [-0.2, 0) is 0 Å². The number of amides is 1. The predicted molar refractivity (Wildman–Crippen MR) is 75.7 cm³/mol. The molecule has 0 saturated heterocycles. The summed E-state index contributed by atoms with van der Waals surface area (Å²) in [6.07, 6.45) is 6.59. The van der Waals surface area contributed by atoms with E-state index in [0.29, 0.717) is 11.5 Å². The number of hydrogen-bond acceptors (Lipinski definition) is 3. The van der Waals surface area contributed by atoms with Crippen molar-refractivity contribution >= 4 is 11.6 Å². The van der Waals surface area contributed by atoms with Gasteiger partial charge in [0, 0.05) is 18.0 Å². The molecule has 104 valence electrons. The van der Waals surface area contributed by atoms with E-state index in [1.807, 2.05) is 0 Å². The summed E-state index contributed by atoms with van der Waals surface area (Å²) in [5.74, 6) is -0.140. The van der Waals surface area contributed by atoms with Gasteiger partial charge in [-0.15, -0.1) is 0 Å². The third-order valence-corrected chi connectivity index (χ3v) is 2.86. The van der Waals surface area contributed by atoms with Crippen molar-refractivity contribution in [1.29, 1.82) is 0 Å². The van der Waals surface area contributed by atoms with Gasteiger partial charge in [-0.05, 0) is 30.3 Å². The van der Waals surface area contributed by atoms with Crippen molar-refractivity contribution < 1.29 is 9.18 Å². The fourth-order valence-electron chi connectivity index (χ4n) is 1.84. The molecule has 1 N–H and O–H groups in total. The summed E-state index contributed by atoms with van der Waals surface area (Å²) in [7, 11) is 0. The van der Waals surface area contributed by atoms with Gasteiger partial charge < -0.3 is 5.32 Å². The van der Waals surface area contributed by atoms with Crippen LogP contribution in [-0.4, -0.2) is 20.4 Å². The molecule has 1 amide bonds. The monoisotopic (exact) mass is 282 g/mol. The molecule has 0 fully saturated rings. The minimum Gasteiger partial charge on any atom is -0.321 e. The largest absolute Gasteiger partial charge is 0.321 e. The summed E-state index contributed by atoms with van der Waals surface area (Å²) in [6, 6.07) is 8.99. The van der Waals surface area contributed by atoms with Gasteiger partial charge in [-0.25, -0.2) is 14.4 Å². The molecule has 3 rings (SSSR count). The number of carbonyl (C=O) groups excluding carboxylic acids is 1. The van der Waals surface area contributed by atoms with E-state index >= 15 is 0 Å². The highest BCUT2D eigenvalue weighted by Gasteiger charge is 2.07. The highest BCUT2D eigenvalue weighted by Crippen LogP contribution is 2.12. The molecule has 3 aromatic rings. The summed E-state index contributed by atoms with van der Waals surface area (Å²) in [5, 5.41) is 2.66. The average Bonchev–Trinajstić information content (AvgIpc) is 3.02. The standard InChI is InChI=1S/C15H11FN4O/c16-12-3-1-2-11(8-12)15(21)19-13-4-5-14(18-9-13)20-7-6-17-10-20/h1-10H,(H,19,21). The lowest BCUT2D eigenvalue weighted by Gasteiger charge is -2.06. The van der Waals surface area contributed by atoms with Crippen LogP contribution in [0, 0.1) is 5.82 Å². The minimum absolute atomic E-state index is 0.258. The molecular formula is C15H11FN4O. The molecule has 0 saturated carbocycles. The van der Waals surface area contributed by atoms with Crippen LogP contribution in [0.4, 0.5) is 10.1 Å². The number of imidazole rings is 1. The van der Waals surface area contributed by atoms with Gasteiger partial charge in [-0.1, -0.05) is 6.07 Å². The molecule has 5 nitrogen and oxygen atoms in total. The van der Waals surface area contributed by atoms with Crippen LogP contribution in [0.3, 0.4) is 0 Å². The Balaban J connectivity index is 1.75. The molecule has 2 heterocycles. The Labute approximate surface area is 120 Å². The lowest BCUT2D eigenvalue weighted by Crippen LogP contribution is -2.12. The van der Waals surface area contributed by atoms with Crippen LogP contribution in [0.5, 0.6) is 0 Å². The average molecular weight is 282 g/mol. The van der Waals surface area contributed by atoms with E-state index in [0.717, 1.165) is 0 Å². The van der Waals surface area contributed by atoms with Gasteiger partial charge in [-0.2, -0.15) is 0 Å². The third-order valence-electron chi connectivity index (χ3n) is 2.86. The van der Waals surface area contributed by atoms with Crippen molar-refractivity contribution in [3.05, 3.63) is 72.7 Å². The molecule has 0 aliphatic rings. The molecular weight excluding hydrogens is 271 g/mol. The molecule has 0 atom stereocenters. The SMILES string of the molecule is O=C(Nc1ccc(-n2ccnc2)nc1)c1cccc(F)c1. The van der Waals surface area contributed by atoms with Crippen LogP contribution >= 0.6 is 0 Å². The Bertz CT molecular complexity index is 754. The van der Waals surface area contributed by atoms with Crippen molar-refractivity contribution in [1.82, 2.24) is 14.5 Å². The van der Waals surface area contributed by atoms with Crippen molar-refractivity contribution in [3.8, 4) is 5.82 Å². The number of pyridine rings is 1. The molecule has 21 heavy (non-hydrogen) atoms. The third kappa shape index (κ3) is 2.94. The van der Waals surface area contributed by atoms with E-state index in [9.17, 15) is 9.18 Å². The van der Waals surface area contributed by atoms with Crippen LogP contribution < -0.4 is 5.32 Å². The Morgan fingerprint density at radius 3 is 2.81 bits per heavy atom. The number of halogens is 1. The highest BCUT2D eigenvalue weighted by atomic mass is 19.1. The topological polar surface area (TPSA) is 59.8 Å².